The van der Waals surface area contributed by atoms with Crippen LogP contribution in [0.4, 0.5) is 4.79 Å². The van der Waals surface area contributed by atoms with Crippen molar-refractivity contribution in [3.05, 3.63) is 29.8 Å². The number of nitrogens with zero attached hydrogens (tertiary/aromatic N) is 2. The zero-order valence-electron chi connectivity index (χ0n) is 12.6. The van der Waals surface area contributed by atoms with Gasteiger partial charge in [-0.2, -0.15) is 0 Å². The number of rotatable bonds is 4. The lowest BCUT2D eigenvalue weighted by Crippen LogP contribution is -2.58. The average Bonchev–Trinajstić information content (AvgIpc) is 2.55. The van der Waals surface area contributed by atoms with E-state index in [9.17, 15) is 19.2 Å². The van der Waals surface area contributed by atoms with Crippen LogP contribution < -0.4 is 5.32 Å². The predicted molar refractivity (Wildman–Crippen MR) is 79.8 cm³/mol. The van der Waals surface area contributed by atoms with Gasteiger partial charge >= 0.3 is 17.8 Å². The highest BCUT2D eigenvalue weighted by Gasteiger charge is 2.35. The lowest BCUT2D eigenvalue weighted by Gasteiger charge is -2.31. The number of phenols is 1. The maximum Gasteiger partial charge on any atom is 0.324 e. The third-order valence-corrected chi connectivity index (χ3v) is 3.53. The maximum atomic E-state index is 12.0. The van der Waals surface area contributed by atoms with Crippen LogP contribution in [0.5, 0.6) is 5.75 Å². The molecule has 8 nitrogen and oxygen atoms in total. The van der Waals surface area contributed by atoms with Gasteiger partial charge in [0.15, 0.2) is 5.78 Å². The van der Waals surface area contributed by atoms with Crippen LogP contribution >= 0.6 is 0 Å². The number of ketones is 1. The summed E-state index contributed by atoms with van der Waals surface area (Å²) in [5, 5.41) is 11.5. The Hall–Kier alpha value is -2.90. The monoisotopic (exact) mass is 319 g/mol. The van der Waals surface area contributed by atoms with E-state index >= 15 is 0 Å². The maximum absolute atomic E-state index is 12.0. The number of urea groups is 1. The summed E-state index contributed by atoms with van der Waals surface area (Å²) in [5.74, 6) is -1.96. The van der Waals surface area contributed by atoms with Gasteiger partial charge in [-0.3, -0.25) is 19.3 Å². The van der Waals surface area contributed by atoms with E-state index < -0.39 is 17.8 Å². The van der Waals surface area contributed by atoms with Crippen LogP contribution in [0.15, 0.2) is 24.3 Å². The zero-order valence-corrected chi connectivity index (χ0v) is 12.6. The Morgan fingerprint density at radius 2 is 1.78 bits per heavy atom. The average molecular weight is 319 g/mol. The van der Waals surface area contributed by atoms with Gasteiger partial charge in [-0.05, 0) is 31.2 Å². The number of imide groups is 1. The van der Waals surface area contributed by atoms with Crippen molar-refractivity contribution in [2.75, 3.05) is 26.2 Å². The Kier molecular flexibility index (Phi) is 4.95. The minimum Gasteiger partial charge on any atom is -0.508 e. The van der Waals surface area contributed by atoms with Gasteiger partial charge in [-0.25, -0.2) is 4.79 Å². The number of likely N-dealkylation sites (N-methyl/N-ethyl adjacent to an activating group) is 1. The topological polar surface area (TPSA) is 107 Å². The quantitative estimate of drug-likeness (QED) is 0.599. The lowest BCUT2D eigenvalue weighted by atomic mass is 10.1. The number of hydrogen-bond acceptors (Lipinski definition) is 5. The SMILES string of the molecule is CCN1CCN(C(=O)NCC(=O)c2ccc(O)cc2)C(=O)C1=O. The van der Waals surface area contributed by atoms with Gasteiger partial charge in [0.05, 0.1) is 6.54 Å². The molecule has 122 valence electrons. The van der Waals surface area contributed by atoms with Gasteiger partial charge in [0.2, 0.25) is 0 Å². The lowest BCUT2D eigenvalue weighted by molar-refractivity contribution is -0.153. The minimum absolute atomic E-state index is 0.0310. The van der Waals surface area contributed by atoms with E-state index in [0.717, 1.165) is 4.90 Å². The van der Waals surface area contributed by atoms with Gasteiger partial charge in [-0.1, -0.05) is 0 Å². The Morgan fingerprint density at radius 3 is 2.39 bits per heavy atom. The highest BCUT2D eigenvalue weighted by atomic mass is 16.3. The number of hydrogen-bond donors (Lipinski definition) is 2. The Morgan fingerprint density at radius 1 is 1.13 bits per heavy atom. The number of phenolic OH excluding ortho intramolecular Hbond substituents is 1. The van der Waals surface area contributed by atoms with Crippen molar-refractivity contribution >= 4 is 23.6 Å². The van der Waals surface area contributed by atoms with Gasteiger partial charge in [-0.15, -0.1) is 0 Å². The van der Waals surface area contributed by atoms with Crippen molar-refractivity contribution in [3.8, 4) is 5.75 Å². The molecule has 8 heteroatoms. The molecule has 0 aliphatic carbocycles. The van der Waals surface area contributed by atoms with E-state index in [2.05, 4.69) is 5.32 Å². The summed E-state index contributed by atoms with van der Waals surface area (Å²) in [6, 6.07) is 4.81. The van der Waals surface area contributed by atoms with E-state index in [-0.39, 0.29) is 31.2 Å². The van der Waals surface area contributed by atoms with Crippen LogP contribution in [-0.2, 0) is 9.59 Å². The minimum atomic E-state index is -0.896. The second-order valence-electron chi connectivity index (χ2n) is 4.97. The number of amides is 4. The molecule has 2 rings (SSSR count). The summed E-state index contributed by atoms with van der Waals surface area (Å²) in [5.41, 5.74) is 0.321. The summed E-state index contributed by atoms with van der Waals surface area (Å²) in [7, 11) is 0. The van der Waals surface area contributed by atoms with Gasteiger partial charge < -0.3 is 15.3 Å². The summed E-state index contributed by atoms with van der Waals surface area (Å²) in [6.07, 6.45) is 0. The molecular weight excluding hydrogens is 302 g/mol. The first-order valence-electron chi connectivity index (χ1n) is 7.15. The Balaban J connectivity index is 1.92. The number of nitrogens with one attached hydrogen (secondary N) is 1. The fourth-order valence-corrected chi connectivity index (χ4v) is 2.17. The number of aromatic hydroxyl groups is 1. The van der Waals surface area contributed by atoms with Crippen LogP contribution in [0.25, 0.3) is 0 Å². The van der Waals surface area contributed by atoms with Crippen molar-refractivity contribution in [1.29, 1.82) is 0 Å². The normalized spacial score (nSPS) is 14.8. The molecule has 1 aromatic carbocycles. The second-order valence-corrected chi connectivity index (χ2v) is 4.97. The van der Waals surface area contributed by atoms with E-state index in [1.807, 2.05) is 0 Å². The van der Waals surface area contributed by atoms with E-state index in [4.69, 9.17) is 5.11 Å². The molecule has 1 aliphatic rings. The first-order valence-corrected chi connectivity index (χ1v) is 7.15. The fourth-order valence-electron chi connectivity index (χ4n) is 2.17. The summed E-state index contributed by atoms with van der Waals surface area (Å²) < 4.78 is 0. The molecule has 1 fully saturated rings. The molecule has 23 heavy (non-hydrogen) atoms. The molecule has 0 atom stereocenters. The van der Waals surface area contributed by atoms with Gasteiger partial charge in [0.25, 0.3) is 0 Å². The summed E-state index contributed by atoms with van der Waals surface area (Å²) >= 11 is 0. The standard InChI is InChI=1S/C15H17N3O5/c1-2-17-7-8-18(14(22)13(17)21)15(23)16-9-12(20)10-3-5-11(19)6-4-10/h3-6,19H,2,7-9H2,1H3,(H,16,23). The molecule has 2 N–H and O–H groups in total. The molecule has 0 unspecified atom stereocenters. The van der Waals surface area contributed by atoms with Crippen molar-refractivity contribution in [2.45, 2.75) is 6.92 Å². The molecule has 0 saturated carbocycles. The Labute approximate surface area is 132 Å². The summed E-state index contributed by atoms with van der Waals surface area (Å²) in [6.45, 7) is 2.22. The fraction of sp³-hybridized carbons (Fsp3) is 0.333. The highest BCUT2D eigenvalue weighted by Crippen LogP contribution is 2.10. The number of Topliss-reactive ketones (excluding diaryl/α,β-unsaturated/α-hetero) is 1. The molecule has 0 spiro atoms. The molecule has 0 aromatic heterocycles. The van der Waals surface area contributed by atoms with Crippen LogP contribution in [0.2, 0.25) is 0 Å². The van der Waals surface area contributed by atoms with Crippen LogP contribution in [0, 0.1) is 0 Å². The molecule has 1 saturated heterocycles. The molecule has 4 amide bonds. The van der Waals surface area contributed by atoms with E-state index in [1.165, 1.54) is 29.2 Å². The molecule has 1 aromatic rings. The van der Waals surface area contributed by atoms with Crippen molar-refractivity contribution in [2.24, 2.45) is 0 Å². The third kappa shape index (κ3) is 3.65. The first kappa shape index (κ1) is 16.5. The largest absolute Gasteiger partial charge is 0.508 e. The molecule has 0 bridgehead atoms. The van der Waals surface area contributed by atoms with E-state index in [0.29, 0.717) is 12.1 Å². The highest BCUT2D eigenvalue weighted by molar-refractivity contribution is 6.38. The van der Waals surface area contributed by atoms with E-state index in [1.54, 1.807) is 6.92 Å². The molecule has 1 heterocycles. The van der Waals surface area contributed by atoms with Crippen LogP contribution in [-0.4, -0.2) is 64.7 Å². The van der Waals surface area contributed by atoms with Gasteiger partial charge in [0, 0.05) is 25.2 Å². The molecule has 1 aliphatic heterocycles. The van der Waals surface area contributed by atoms with Crippen molar-refractivity contribution in [3.63, 3.8) is 0 Å². The smallest absolute Gasteiger partial charge is 0.324 e. The number of piperazine rings is 1. The molecule has 0 radical (unpaired) electrons. The Bertz CT molecular complexity index is 641. The molecular formula is C15H17N3O5. The van der Waals surface area contributed by atoms with Gasteiger partial charge in [0.1, 0.15) is 5.75 Å². The van der Waals surface area contributed by atoms with Crippen molar-refractivity contribution < 1.29 is 24.3 Å². The second kappa shape index (κ2) is 6.91. The third-order valence-electron chi connectivity index (χ3n) is 3.53. The number of carbonyl (C=O) groups is 4. The number of benzene rings is 1. The number of carbonyl (C=O) groups excluding carboxylic acids is 4. The van der Waals surface area contributed by atoms with Crippen LogP contribution in [0.3, 0.4) is 0 Å². The zero-order chi connectivity index (χ0) is 17.0. The summed E-state index contributed by atoms with van der Waals surface area (Å²) in [4.78, 5) is 49.6. The first-order chi connectivity index (χ1) is 10.9. The van der Waals surface area contributed by atoms with Crippen molar-refractivity contribution in [1.82, 2.24) is 15.1 Å². The van der Waals surface area contributed by atoms with Crippen LogP contribution in [0.1, 0.15) is 17.3 Å². The predicted octanol–water partition coefficient (Wildman–Crippen LogP) is -0.0248.